The zero-order valence-electron chi connectivity index (χ0n) is 22.2. The number of carbonyl (C=O) groups is 1. The van der Waals surface area contributed by atoms with Crippen LogP contribution in [0.2, 0.25) is 0 Å². The van der Waals surface area contributed by atoms with E-state index in [-0.39, 0.29) is 18.9 Å². The molecule has 0 saturated carbocycles. The normalized spacial score (nSPS) is 9.26. The summed E-state index contributed by atoms with van der Waals surface area (Å²) in [6.45, 7) is 19.6. The standard InChI is InChI=1S/C9H13NO.C9H13NS.C5H8O2.C4H7N.CH4/c2*1-6(2)8-4-7(3)5-9(11)10-8;1-4(2)3-5(6)7;1-4(2)3-5;/h2*4-6H,1-3H3,(H,10,11);3H,1-2H3,(H,6,7);4H,1-2H3;1H4. The molecule has 0 spiro atoms. The van der Waals surface area contributed by atoms with Crippen molar-refractivity contribution < 1.29 is 9.90 Å². The van der Waals surface area contributed by atoms with Gasteiger partial charge in [-0.2, -0.15) is 5.26 Å². The Balaban J connectivity index is -0.000000405. The van der Waals surface area contributed by atoms with Crippen molar-refractivity contribution in [3.63, 3.8) is 0 Å². The van der Waals surface area contributed by atoms with E-state index in [4.69, 9.17) is 22.6 Å². The van der Waals surface area contributed by atoms with Gasteiger partial charge in [0.1, 0.15) is 4.64 Å². The Morgan fingerprint density at radius 3 is 1.60 bits per heavy atom. The van der Waals surface area contributed by atoms with E-state index in [0.717, 1.165) is 21.5 Å². The Bertz CT molecular complexity index is 1000. The number of nitrogens with one attached hydrogen (secondary N) is 2. The highest BCUT2D eigenvalue weighted by Gasteiger charge is 2.00. The molecule has 0 aromatic carbocycles. The summed E-state index contributed by atoms with van der Waals surface area (Å²) < 4.78 is 0.828. The molecule has 0 amide bonds. The van der Waals surface area contributed by atoms with Crippen LogP contribution in [-0.4, -0.2) is 21.0 Å². The minimum absolute atomic E-state index is 0. The third-order valence-corrected chi connectivity index (χ3v) is 4.15. The Morgan fingerprint density at radius 1 is 0.943 bits per heavy atom. The van der Waals surface area contributed by atoms with Gasteiger partial charge in [0.25, 0.3) is 0 Å². The van der Waals surface area contributed by atoms with Gasteiger partial charge in [0.15, 0.2) is 0 Å². The highest BCUT2D eigenvalue weighted by Crippen LogP contribution is 2.12. The summed E-state index contributed by atoms with van der Waals surface area (Å²) in [6.07, 6.45) is 1.17. The summed E-state index contributed by atoms with van der Waals surface area (Å²) >= 11 is 5.05. The van der Waals surface area contributed by atoms with Gasteiger partial charge in [0.2, 0.25) is 5.56 Å². The number of pyridine rings is 2. The fourth-order valence-electron chi connectivity index (χ4n) is 2.29. The maximum atomic E-state index is 11.0. The summed E-state index contributed by atoms with van der Waals surface area (Å²) in [5.74, 6) is 0.231. The molecule has 2 aromatic heterocycles. The predicted octanol–water partition coefficient (Wildman–Crippen LogP) is 7.82. The predicted molar refractivity (Wildman–Crippen MR) is 151 cm³/mol. The number of carboxylic acid groups (broad SMARTS) is 1. The molecular formula is C28H45N3O3S. The second-order valence-corrected chi connectivity index (χ2v) is 9.55. The third-order valence-electron chi connectivity index (χ3n) is 3.93. The van der Waals surface area contributed by atoms with E-state index in [9.17, 15) is 9.59 Å². The monoisotopic (exact) mass is 503 g/mol. The topological polar surface area (TPSA) is 110 Å². The number of carboxylic acids is 1. The molecule has 0 bridgehead atoms. The first-order chi connectivity index (χ1) is 15.6. The van der Waals surface area contributed by atoms with Gasteiger partial charge in [-0.1, -0.05) is 52.9 Å². The number of aromatic amines is 2. The Kier molecular flexibility index (Phi) is 20.2. The number of aryl methyl sites for hydroxylation is 2. The molecular weight excluding hydrogens is 458 g/mol. The third kappa shape index (κ3) is 21.3. The van der Waals surface area contributed by atoms with Crippen molar-refractivity contribution in [1.29, 1.82) is 5.26 Å². The van der Waals surface area contributed by atoms with Crippen LogP contribution in [0.25, 0.3) is 0 Å². The number of aromatic nitrogens is 2. The lowest BCUT2D eigenvalue weighted by Crippen LogP contribution is -2.08. The van der Waals surface area contributed by atoms with Crippen LogP contribution in [0.15, 0.2) is 40.7 Å². The summed E-state index contributed by atoms with van der Waals surface area (Å²) in [5.41, 5.74) is 5.29. The number of nitriles is 1. The van der Waals surface area contributed by atoms with Crippen LogP contribution in [-0.2, 0) is 4.79 Å². The van der Waals surface area contributed by atoms with E-state index in [1.165, 1.54) is 17.3 Å². The van der Waals surface area contributed by atoms with E-state index in [0.29, 0.717) is 11.8 Å². The quantitative estimate of drug-likeness (QED) is 0.292. The molecule has 2 aromatic rings. The van der Waals surface area contributed by atoms with Gasteiger partial charge < -0.3 is 15.1 Å². The first kappa shape index (κ1) is 36.6. The summed E-state index contributed by atoms with van der Waals surface area (Å²) in [6, 6.07) is 9.75. The smallest absolute Gasteiger partial charge is 0.328 e. The summed E-state index contributed by atoms with van der Waals surface area (Å²) in [5, 5.41) is 15.9. The zero-order valence-corrected chi connectivity index (χ0v) is 23.1. The highest BCUT2D eigenvalue weighted by molar-refractivity contribution is 7.71. The lowest BCUT2D eigenvalue weighted by atomic mass is 10.1. The lowest BCUT2D eigenvalue weighted by molar-refractivity contribution is -0.131. The fraction of sp³-hybridized carbons (Fsp3) is 0.500. The molecule has 2 rings (SSSR count). The van der Waals surface area contributed by atoms with Crippen LogP contribution >= 0.6 is 12.2 Å². The second kappa shape index (κ2) is 19.3. The van der Waals surface area contributed by atoms with Crippen LogP contribution in [0, 0.1) is 35.7 Å². The van der Waals surface area contributed by atoms with E-state index in [1.54, 1.807) is 19.9 Å². The maximum absolute atomic E-state index is 11.0. The molecule has 0 saturated heterocycles. The molecule has 3 N–H and O–H groups in total. The van der Waals surface area contributed by atoms with Gasteiger partial charge in [-0.15, -0.1) is 0 Å². The van der Waals surface area contributed by atoms with Crippen molar-refractivity contribution in [2.45, 2.75) is 88.5 Å². The largest absolute Gasteiger partial charge is 0.478 e. The molecule has 35 heavy (non-hydrogen) atoms. The molecule has 0 unspecified atom stereocenters. The molecule has 0 aliphatic carbocycles. The Hall–Kier alpha value is -2.98. The van der Waals surface area contributed by atoms with Gasteiger partial charge in [-0.3, -0.25) is 4.79 Å². The van der Waals surface area contributed by atoms with Gasteiger partial charge in [0, 0.05) is 29.4 Å². The van der Waals surface area contributed by atoms with Gasteiger partial charge >= 0.3 is 5.97 Å². The lowest BCUT2D eigenvalue weighted by Gasteiger charge is -2.05. The minimum atomic E-state index is -0.875. The molecule has 0 aliphatic heterocycles. The first-order valence-electron chi connectivity index (χ1n) is 11.3. The van der Waals surface area contributed by atoms with E-state index >= 15 is 0 Å². The first-order valence-corrected chi connectivity index (χ1v) is 11.7. The van der Waals surface area contributed by atoms with Crippen molar-refractivity contribution in [3.05, 3.63) is 73.4 Å². The molecule has 7 heteroatoms. The van der Waals surface area contributed by atoms with E-state index in [1.807, 2.05) is 39.0 Å². The van der Waals surface area contributed by atoms with E-state index < -0.39 is 5.97 Å². The van der Waals surface area contributed by atoms with Crippen LogP contribution in [0.5, 0.6) is 0 Å². The minimum Gasteiger partial charge on any atom is -0.478 e. The van der Waals surface area contributed by atoms with Crippen molar-refractivity contribution >= 4 is 18.2 Å². The number of allylic oxidation sites excluding steroid dienone is 1. The number of rotatable bonds is 3. The number of H-pyrrole nitrogens is 2. The molecule has 0 atom stereocenters. The number of nitrogens with zero attached hydrogens (tertiary/aromatic N) is 1. The van der Waals surface area contributed by atoms with Crippen molar-refractivity contribution in [2.24, 2.45) is 5.92 Å². The van der Waals surface area contributed by atoms with Crippen molar-refractivity contribution in [2.75, 3.05) is 0 Å². The molecule has 0 aliphatic rings. The summed E-state index contributed by atoms with van der Waals surface area (Å²) in [7, 11) is 0. The van der Waals surface area contributed by atoms with Gasteiger partial charge in [-0.25, -0.2) is 4.79 Å². The maximum Gasteiger partial charge on any atom is 0.328 e. The average Bonchev–Trinajstić information content (AvgIpc) is 2.66. The molecule has 0 fully saturated rings. The highest BCUT2D eigenvalue weighted by atomic mass is 32.1. The van der Waals surface area contributed by atoms with E-state index in [2.05, 4.69) is 50.7 Å². The molecule has 2 heterocycles. The zero-order chi connectivity index (χ0) is 27.0. The van der Waals surface area contributed by atoms with Crippen LogP contribution in [0.3, 0.4) is 0 Å². The molecule has 196 valence electrons. The molecule has 0 radical (unpaired) electrons. The molecule has 6 nitrogen and oxygen atoms in total. The number of hydrogen-bond acceptors (Lipinski definition) is 4. The van der Waals surface area contributed by atoms with Crippen LogP contribution in [0.1, 0.15) is 97.2 Å². The van der Waals surface area contributed by atoms with Gasteiger partial charge in [-0.05, 0) is 82.7 Å². The van der Waals surface area contributed by atoms with Crippen LogP contribution in [0.4, 0.5) is 0 Å². The Labute approximate surface area is 217 Å². The van der Waals surface area contributed by atoms with Crippen molar-refractivity contribution in [1.82, 2.24) is 9.97 Å². The van der Waals surface area contributed by atoms with Crippen molar-refractivity contribution in [3.8, 4) is 6.07 Å². The SMILES string of the molecule is C.CC(C)=CC(=O)O.CC(C)C#N.Cc1cc(C(C)C)[nH]c(=O)c1.Cc1cc(C(C)C)[nH]c(=S)c1. The van der Waals surface area contributed by atoms with Crippen LogP contribution < -0.4 is 5.56 Å². The number of aliphatic carboxylic acids is 1. The average molecular weight is 504 g/mol. The fourth-order valence-corrected chi connectivity index (χ4v) is 2.59. The Morgan fingerprint density at radius 2 is 1.34 bits per heavy atom. The van der Waals surface area contributed by atoms with Gasteiger partial charge in [0.05, 0.1) is 6.07 Å². The summed E-state index contributed by atoms with van der Waals surface area (Å²) in [4.78, 5) is 26.6. The number of hydrogen-bond donors (Lipinski definition) is 3. The second-order valence-electron chi connectivity index (χ2n) is 9.11.